The molecule has 0 radical (unpaired) electrons. The van der Waals surface area contributed by atoms with Crippen molar-refractivity contribution in [1.29, 1.82) is 0 Å². The Labute approximate surface area is 184 Å². The van der Waals surface area contributed by atoms with Gasteiger partial charge in [-0.1, -0.05) is 54.2 Å². The highest BCUT2D eigenvalue weighted by Gasteiger charge is 2.34. The minimum atomic E-state index is -0.168. The van der Waals surface area contributed by atoms with Crippen LogP contribution in [-0.4, -0.2) is 39.7 Å². The van der Waals surface area contributed by atoms with Crippen molar-refractivity contribution in [1.82, 2.24) is 15.2 Å². The quantitative estimate of drug-likeness (QED) is 0.512. The molecule has 1 aliphatic carbocycles. The number of carbonyl (C=O) groups is 1. The van der Waals surface area contributed by atoms with E-state index >= 15 is 0 Å². The van der Waals surface area contributed by atoms with Gasteiger partial charge in [0.15, 0.2) is 0 Å². The SMILES string of the molecule is COc1ccc([C@@H]2CC(c3ccccc3)=NN2C(=O)CSc2nnc(C3CC3)o2)cc1. The highest BCUT2D eigenvalue weighted by molar-refractivity contribution is 7.99. The summed E-state index contributed by atoms with van der Waals surface area (Å²) < 4.78 is 10.9. The summed E-state index contributed by atoms with van der Waals surface area (Å²) >= 11 is 1.26. The Bertz CT molecular complexity index is 1090. The second kappa shape index (κ2) is 8.55. The lowest BCUT2D eigenvalue weighted by Gasteiger charge is -2.22. The Hall–Kier alpha value is -3.13. The van der Waals surface area contributed by atoms with Crippen LogP contribution in [0.4, 0.5) is 0 Å². The highest BCUT2D eigenvalue weighted by atomic mass is 32.2. The van der Waals surface area contributed by atoms with Gasteiger partial charge in [0.05, 0.1) is 24.6 Å². The average molecular weight is 435 g/mol. The molecule has 0 spiro atoms. The number of methoxy groups -OCH3 is 1. The van der Waals surface area contributed by atoms with Gasteiger partial charge in [0.2, 0.25) is 5.89 Å². The van der Waals surface area contributed by atoms with Crippen molar-refractivity contribution in [2.75, 3.05) is 12.9 Å². The number of rotatable bonds is 7. The van der Waals surface area contributed by atoms with E-state index < -0.39 is 0 Å². The lowest BCUT2D eigenvalue weighted by atomic mass is 9.98. The average Bonchev–Trinajstić information content (AvgIpc) is 3.39. The van der Waals surface area contributed by atoms with Crippen LogP contribution in [0.1, 0.15) is 48.2 Å². The maximum atomic E-state index is 13.1. The van der Waals surface area contributed by atoms with Crippen molar-refractivity contribution < 1.29 is 13.9 Å². The molecule has 2 heterocycles. The maximum absolute atomic E-state index is 13.1. The fraction of sp³-hybridized carbons (Fsp3) is 0.304. The molecular formula is C23H22N4O3S. The zero-order chi connectivity index (χ0) is 21.2. The zero-order valence-electron chi connectivity index (χ0n) is 17.1. The van der Waals surface area contributed by atoms with E-state index in [1.165, 1.54) is 11.8 Å². The van der Waals surface area contributed by atoms with Gasteiger partial charge in [-0.3, -0.25) is 4.79 Å². The molecule has 2 aromatic carbocycles. The smallest absolute Gasteiger partial charge is 0.277 e. The van der Waals surface area contributed by atoms with E-state index in [2.05, 4.69) is 10.2 Å². The van der Waals surface area contributed by atoms with E-state index in [0.29, 0.717) is 23.5 Å². The van der Waals surface area contributed by atoms with Gasteiger partial charge >= 0.3 is 0 Å². The third-order valence-electron chi connectivity index (χ3n) is 5.44. The number of carbonyl (C=O) groups excluding carboxylic acids is 1. The second-order valence-electron chi connectivity index (χ2n) is 7.61. The van der Waals surface area contributed by atoms with E-state index in [9.17, 15) is 4.79 Å². The van der Waals surface area contributed by atoms with Gasteiger partial charge in [0, 0.05) is 12.3 Å². The lowest BCUT2D eigenvalue weighted by molar-refractivity contribution is -0.130. The van der Waals surface area contributed by atoms with Crippen LogP contribution in [0, 0.1) is 0 Å². The van der Waals surface area contributed by atoms with Crippen molar-refractivity contribution in [2.24, 2.45) is 5.10 Å². The van der Waals surface area contributed by atoms with Crippen LogP contribution in [0.25, 0.3) is 0 Å². The number of hydrogen-bond acceptors (Lipinski definition) is 7. The van der Waals surface area contributed by atoms with Crippen LogP contribution in [0.5, 0.6) is 5.75 Å². The first kappa shape index (κ1) is 19.8. The summed E-state index contributed by atoms with van der Waals surface area (Å²) in [5.41, 5.74) is 2.94. The van der Waals surface area contributed by atoms with Gasteiger partial charge < -0.3 is 9.15 Å². The van der Waals surface area contributed by atoms with Crippen molar-refractivity contribution in [2.45, 2.75) is 36.4 Å². The van der Waals surface area contributed by atoms with Gasteiger partial charge in [0.1, 0.15) is 5.75 Å². The summed E-state index contributed by atoms with van der Waals surface area (Å²) in [5.74, 6) is 1.94. The van der Waals surface area contributed by atoms with E-state index in [-0.39, 0.29) is 17.7 Å². The van der Waals surface area contributed by atoms with Crippen LogP contribution in [0.15, 0.2) is 69.3 Å². The van der Waals surface area contributed by atoms with Crippen molar-refractivity contribution >= 4 is 23.4 Å². The second-order valence-corrected chi connectivity index (χ2v) is 8.54. The van der Waals surface area contributed by atoms with Crippen molar-refractivity contribution in [3.8, 4) is 5.75 Å². The van der Waals surface area contributed by atoms with Gasteiger partial charge in [-0.25, -0.2) is 5.01 Å². The Balaban J connectivity index is 1.35. The highest BCUT2D eigenvalue weighted by Crippen LogP contribution is 2.40. The summed E-state index contributed by atoms with van der Waals surface area (Å²) in [6.07, 6.45) is 2.85. The first-order valence-corrected chi connectivity index (χ1v) is 11.2. The van der Waals surface area contributed by atoms with Crippen LogP contribution in [-0.2, 0) is 4.79 Å². The van der Waals surface area contributed by atoms with Gasteiger partial charge in [-0.05, 0) is 36.1 Å². The number of aromatic nitrogens is 2. The summed E-state index contributed by atoms with van der Waals surface area (Å²) in [5, 5.41) is 14.9. The fourth-order valence-electron chi connectivity index (χ4n) is 3.59. The molecular weight excluding hydrogens is 412 g/mol. The molecule has 1 fully saturated rings. The van der Waals surface area contributed by atoms with Crippen molar-refractivity contribution in [3.63, 3.8) is 0 Å². The molecule has 1 atom stereocenters. The van der Waals surface area contributed by atoms with Crippen LogP contribution in [0.2, 0.25) is 0 Å². The molecule has 0 bridgehead atoms. The number of hydrogen-bond donors (Lipinski definition) is 0. The normalized spacial score (nSPS) is 18.2. The topological polar surface area (TPSA) is 80.8 Å². The molecule has 8 heteroatoms. The molecule has 3 aromatic rings. The lowest BCUT2D eigenvalue weighted by Crippen LogP contribution is -2.28. The summed E-state index contributed by atoms with van der Waals surface area (Å²) in [4.78, 5) is 13.1. The molecule has 1 aromatic heterocycles. The largest absolute Gasteiger partial charge is 0.497 e. The molecule has 1 aliphatic heterocycles. The van der Waals surface area contributed by atoms with E-state index in [1.807, 2.05) is 54.6 Å². The third kappa shape index (κ3) is 4.34. The fourth-order valence-corrected chi connectivity index (χ4v) is 4.22. The summed E-state index contributed by atoms with van der Waals surface area (Å²) in [7, 11) is 1.64. The predicted octanol–water partition coefficient (Wildman–Crippen LogP) is 4.43. The molecule has 7 nitrogen and oxygen atoms in total. The number of ether oxygens (including phenoxy) is 1. The Kier molecular flexibility index (Phi) is 5.46. The first-order valence-electron chi connectivity index (χ1n) is 10.3. The number of benzene rings is 2. The number of amides is 1. The summed E-state index contributed by atoms with van der Waals surface area (Å²) in [6.45, 7) is 0. The van der Waals surface area contributed by atoms with Gasteiger partial charge in [-0.15, -0.1) is 10.2 Å². The maximum Gasteiger partial charge on any atom is 0.277 e. The number of hydrazone groups is 1. The Morgan fingerprint density at radius 2 is 1.90 bits per heavy atom. The van der Waals surface area contributed by atoms with Gasteiger partial charge in [-0.2, -0.15) is 5.10 Å². The number of nitrogens with zero attached hydrogens (tertiary/aromatic N) is 4. The van der Waals surface area contributed by atoms with Crippen molar-refractivity contribution in [3.05, 3.63) is 71.6 Å². The molecule has 1 amide bonds. The molecule has 31 heavy (non-hydrogen) atoms. The zero-order valence-corrected chi connectivity index (χ0v) is 17.9. The minimum Gasteiger partial charge on any atom is -0.497 e. The summed E-state index contributed by atoms with van der Waals surface area (Å²) in [6, 6.07) is 17.6. The van der Waals surface area contributed by atoms with E-state index in [4.69, 9.17) is 14.3 Å². The third-order valence-corrected chi connectivity index (χ3v) is 6.24. The van der Waals surface area contributed by atoms with E-state index in [0.717, 1.165) is 35.4 Å². The monoisotopic (exact) mass is 434 g/mol. The van der Waals surface area contributed by atoms with Gasteiger partial charge in [0.25, 0.3) is 11.1 Å². The van der Waals surface area contributed by atoms with Crippen LogP contribution >= 0.6 is 11.8 Å². The van der Waals surface area contributed by atoms with Crippen LogP contribution in [0.3, 0.4) is 0 Å². The Morgan fingerprint density at radius 3 is 2.61 bits per heavy atom. The number of thioether (sulfide) groups is 1. The molecule has 5 rings (SSSR count). The van der Waals surface area contributed by atoms with E-state index in [1.54, 1.807) is 12.1 Å². The molecule has 0 unspecified atom stereocenters. The molecule has 2 aliphatic rings. The molecule has 158 valence electrons. The molecule has 0 saturated heterocycles. The molecule has 1 saturated carbocycles. The van der Waals surface area contributed by atoms with Crippen LogP contribution < -0.4 is 4.74 Å². The predicted molar refractivity (Wildman–Crippen MR) is 117 cm³/mol. The first-order chi connectivity index (χ1) is 15.2. The standard InChI is InChI=1S/C23H22N4O3S/c1-29-18-11-9-16(10-12-18)20-13-19(15-5-3-2-4-6-15)26-27(20)21(28)14-31-23-25-24-22(30-23)17-7-8-17/h2-6,9-12,17,20H,7-8,13-14H2,1H3/t20-/m0/s1. The minimum absolute atomic E-state index is 0.0945. The Morgan fingerprint density at radius 1 is 1.13 bits per heavy atom. The molecule has 0 N–H and O–H groups in total.